The van der Waals surface area contributed by atoms with Crippen molar-refractivity contribution in [1.82, 2.24) is 9.55 Å². The van der Waals surface area contributed by atoms with Crippen molar-refractivity contribution in [3.05, 3.63) is 83.2 Å². The molecular formula is C24H21F3N4O2. The molecule has 4 rings (SSSR count). The number of carbonyl (C=O) groups is 1. The van der Waals surface area contributed by atoms with Gasteiger partial charge < -0.3 is 20.4 Å². The summed E-state index contributed by atoms with van der Waals surface area (Å²) in [5.41, 5.74) is 7.33. The summed E-state index contributed by atoms with van der Waals surface area (Å²) in [7, 11) is 1.36. The van der Waals surface area contributed by atoms with Gasteiger partial charge in [0.15, 0.2) is 11.6 Å². The normalized spacial score (nSPS) is 11.5. The van der Waals surface area contributed by atoms with E-state index < -0.39 is 17.6 Å². The summed E-state index contributed by atoms with van der Waals surface area (Å²) in [6.45, 7) is 0.906. The second kappa shape index (κ2) is 8.50. The van der Waals surface area contributed by atoms with Gasteiger partial charge in [-0.05, 0) is 35.9 Å². The number of primary amides is 1. The topological polar surface area (TPSA) is 82.2 Å². The molecule has 0 aliphatic heterocycles. The van der Waals surface area contributed by atoms with E-state index in [9.17, 15) is 18.0 Å². The minimum absolute atomic E-state index is 0.0625. The zero-order valence-corrected chi connectivity index (χ0v) is 17.9. The predicted molar refractivity (Wildman–Crippen MR) is 120 cm³/mol. The highest BCUT2D eigenvalue weighted by Gasteiger charge is 2.27. The molecule has 0 radical (unpaired) electrons. The summed E-state index contributed by atoms with van der Waals surface area (Å²) in [5, 5.41) is 3.03. The van der Waals surface area contributed by atoms with Crippen LogP contribution in [0.25, 0.3) is 11.0 Å². The number of hydrogen-bond donors (Lipinski definition) is 2. The van der Waals surface area contributed by atoms with Crippen LogP contribution in [-0.2, 0) is 12.5 Å². The molecule has 0 aliphatic carbocycles. The maximum absolute atomic E-state index is 14.2. The van der Waals surface area contributed by atoms with Gasteiger partial charge in [0.05, 0.1) is 24.7 Å². The van der Waals surface area contributed by atoms with Crippen LogP contribution < -0.4 is 15.8 Å². The average Bonchev–Trinajstić information content (AvgIpc) is 3.09. The molecule has 0 fully saturated rings. The summed E-state index contributed by atoms with van der Waals surface area (Å²) in [4.78, 5) is 16.1. The number of benzene rings is 3. The number of aromatic nitrogens is 2. The highest BCUT2D eigenvalue weighted by Crippen LogP contribution is 2.32. The minimum atomic E-state index is -3.04. The smallest absolute Gasteiger partial charge is 0.270 e. The second-order valence-corrected chi connectivity index (χ2v) is 7.61. The van der Waals surface area contributed by atoms with E-state index >= 15 is 0 Å². The van der Waals surface area contributed by atoms with E-state index in [2.05, 4.69) is 10.3 Å². The number of amides is 1. The largest absolute Gasteiger partial charge is 0.494 e. The Bertz CT molecular complexity index is 1350. The zero-order valence-electron chi connectivity index (χ0n) is 17.9. The average molecular weight is 454 g/mol. The van der Waals surface area contributed by atoms with Gasteiger partial charge in [-0.15, -0.1) is 0 Å². The van der Waals surface area contributed by atoms with Crippen LogP contribution >= 0.6 is 0 Å². The number of methoxy groups -OCH3 is 1. The number of nitrogens with two attached hydrogens (primary N) is 1. The van der Waals surface area contributed by atoms with Crippen molar-refractivity contribution in [2.75, 3.05) is 12.4 Å². The molecule has 3 aromatic carbocycles. The third-order valence-corrected chi connectivity index (χ3v) is 5.26. The summed E-state index contributed by atoms with van der Waals surface area (Å²) in [6.07, 6.45) is 0. The Morgan fingerprint density at radius 2 is 1.91 bits per heavy atom. The van der Waals surface area contributed by atoms with Crippen LogP contribution in [0.5, 0.6) is 5.75 Å². The van der Waals surface area contributed by atoms with Gasteiger partial charge in [0, 0.05) is 29.8 Å². The number of ether oxygens (including phenoxy) is 1. The highest BCUT2D eigenvalue weighted by atomic mass is 19.3. The molecule has 4 aromatic rings. The highest BCUT2D eigenvalue weighted by molar-refractivity contribution is 5.96. The number of anilines is 2. The third kappa shape index (κ3) is 4.48. The van der Waals surface area contributed by atoms with Crippen molar-refractivity contribution in [3.63, 3.8) is 0 Å². The van der Waals surface area contributed by atoms with Crippen molar-refractivity contribution in [1.29, 1.82) is 0 Å². The first-order chi connectivity index (χ1) is 15.7. The second-order valence-electron chi connectivity index (χ2n) is 7.61. The van der Waals surface area contributed by atoms with Crippen LogP contribution in [0.3, 0.4) is 0 Å². The van der Waals surface area contributed by atoms with Gasteiger partial charge in [-0.2, -0.15) is 0 Å². The molecule has 33 heavy (non-hydrogen) atoms. The standard InChI is InChI=1S/C24H21F3N4O2/c1-24(26,27)17-6-4-3-5-15(17)13-31-20-9-7-14(22(28)32)11-19(20)30-23(31)29-16-8-10-21(33-2)18(25)12-16/h3-12H,13H2,1-2H3,(H2,28,32)(H,29,30). The van der Waals surface area contributed by atoms with Gasteiger partial charge in [-0.1, -0.05) is 24.3 Å². The lowest BCUT2D eigenvalue weighted by molar-refractivity contribution is 0.0165. The molecule has 170 valence electrons. The number of fused-ring (bicyclic) bond motifs is 1. The summed E-state index contributed by atoms with van der Waals surface area (Å²) >= 11 is 0. The fourth-order valence-electron chi connectivity index (χ4n) is 3.67. The van der Waals surface area contributed by atoms with Crippen LogP contribution in [0, 0.1) is 5.82 Å². The molecule has 0 saturated carbocycles. The molecule has 0 atom stereocenters. The molecular weight excluding hydrogens is 433 g/mol. The monoisotopic (exact) mass is 454 g/mol. The van der Waals surface area contributed by atoms with Crippen molar-refractivity contribution in [2.45, 2.75) is 19.4 Å². The summed E-state index contributed by atoms with van der Waals surface area (Å²) in [5.74, 6) is -3.87. The predicted octanol–water partition coefficient (Wildman–Crippen LogP) is 5.19. The van der Waals surface area contributed by atoms with E-state index in [0.717, 1.165) is 6.92 Å². The molecule has 9 heteroatoms. The fraction of sp³-hybridized carbons (Fsp3) is 0.167. The van der Waals surface area contributed by atoms with Crippen molar-refractivity contribution >= 4 is 28.6 Å². The van der Waals surface area contributed by atoms with Gasteiger partial charge in [0.1, 0.15) is 0 Å². The molecule has 0 saturated heterocycles. The number of alkyl halides is 2. The van der Waals surface area contributed by atoms with Crippen molar-refractivity contribution in [2.24, 2.45) is 5.73 Å². The van der Waals surface area contributed by atoms with E-state index in [-0.39, 0.29) is 29.4 Å². The van der Waals surface area contributed by atoms with Crippen molar-refractivity contribution < 1.29 is 22.7 Å². The van der Waals surface area contributed by atoms with Crippen LogP contribution in [0.15, 0.2) is 60.7 Å². The molecule has 0 aliphatic rings. The Balaban J connectivity index is 1.83. The van der Waals surface area contributed by atoms with Crippen LogP contribution in [0.1, 0.15) is 28.4 Å². The Hall–Kier alpha value is -4.01. The molecule has 0 spiro atoms. The Morgan fingerprint density at radius 3 is 2.58 bits per heavy atom. The summed E-state index contributed by atoms with van der Waals surface area (Å²) in [6, 6.07) is 15.3. The number of carbonyl (C=O) groups excluding carboxylic acids is 1. The van der Waals surface area contributed by atoms with Crippen LogP contribution in [0.2, 0.25) is 0 Å². The molecule has 0 bridgehead atoms. The van der Waals surface area contributed by atoms with Gasteiger partial charge in [-0.25, -0.2) is 18.2 Å². The maximum Gasteiger partial charge on any atom is 0.270 e. The van der Waals surface area contributed by atoms with Crippen molar-refractivity contribution in [3.8, 4) is 5.75 Å². The molecule has 6 nitrogen and oxygen atoms in total. The zero-order chi connectivity index (χ0) is 23.8. The summed E-state index contributed by atoms with van der Waals surface area (Å²) < 4.78 is 49.3. The van der Waals surface area contributed by atoms with E-state index in [1.807, 2.05) is 0 Å². The van der Waals surface area contributed by atoms with Gasteiger partial charge in [0.2, 0.25) is 11.9 Å². The van der Waals surface area contributed by atoms with Crippen LogP contribution in [0.4, 0.5) is 24.8 Å². The number of rotatable bonds is 7. The molecule has 1 aromatic heterocycles. The van der Waals surface area contributed by atoms with E-state index in [1.54, 1.807) is 41.0 Å². The third-order valence-electron chi connectivity index (χ3n) is 5.26. The lowest BCUT2D eigenvalue weighted by Gasteiger charge is -2.18. The van der Waals surface area contributed by atoms with Gasteiger partial charge in [0.25, 0.3) is 5.92 Å². The fourth-order valence-corrected chi connectivity index (χ4v) is 3.67. The van der Waals surface area contributed by atoms with Gasteiger partial charge in [-0.3, -0.25) is 4.79 Å². The Morgan fingerprint density at radius 1 is 1.15 bits per heavy atom. The first-order valence-electron chi connectivity index (χ1n) is 10.0. The molecule has 1 amide bonds. The number of nitrogens with one attached hydrogen (secondary N) is 1. The first-order valence-corrected chi connectivity index (χ1v) is 10.0. The number of nitrogens with zero attached hydrogens (tertiary/aromatic N) is 2. The van der Waals surface area contributed by atoms with E-state index in [4.69, 9.17) is 10.5 Å². The quantitative estimate of drug-likeness (QED) is 0.403. The number of hydrogen-bond acceptors (Lipinski definition) is 4. The SMILES string of the molecule is COc1ccc(Nc2nc3cc(C(N)=O)ccc3n2Cc2ccccc2C(C)(F)F)cc1F. The Kier molecular flexibility index (Phi) is 5.71. The lowest BCUT2D eigenvalue weighted by atomic mass is 10.0. The van der Waals surface area contributed by atoms with E-state index in [0.29, 0.717) is 22.3 Å². The van der Waals surface area contributed by atoms with Crippen LogP contribution in [-0.4, -0.2) is 22.6 Å². The molecule has 1 heterocycles. The Labute approximate surface area is 187 Å². The molecule has 3 N–H and O–H groups in total. The number of imidazole rings is 1. The first kappa shape index (κ1) is 22.2. The molecule has 0 unspecified atom stereocenters. The van der Waals surface area contributed by atoms with Gasteiger partial charge >= 0.3 is 0 Å². The number of halogens is 3. The lowest BCUT2D eigenvalue weighted by Crippen LogP contribution is -2.14. The van der Waals surface area contributed by atoms with E-state index in [1.165, 1.54) is 31.4 Å². The maximum atomic E-state index is 14.2. The minimum Gasteiger partial charge on any atom is -0.494 e.